The van der Waals surface area contributed by atoms with Crippen molar-refractivity contribution in [1.82, 2.24) is 19.5 Å². The fourth-order valence-electron chi connectivity index (χ4n) is 2.92. The fourth-order valence-corrected chi connectivity index (χ4v) is 2.92. The quantitative estimate of drug-likeness (QED) is 0.594. The zero-order valence-corrected chi connectivity index (χ0v) is 14.7. The number of methoxy groups -OCH3 is 1. The summed E-state index contributed by atoms with van der Waals surface area (Å²) >= 11 is 0. The Kier molecular flexibility index (Phi) is 4.33. The zero-order chi connectivity index (χ0) is 17.9. The maximum Gasteiger partial charge on any atom is 0.178 e. The van der Waals surface area contributed by atoms with Crippen LogP contribution in [0.1, 0.15) is 5.82 Å². The molecule has 0 saturated carbocycles. The summed E-state index contributed by atoms with van der Waals surface area (Å²) in [6.45, 7) is 0.445. The van der Waals surface area contributed by atoms with Crippen molar-refractivity contribution in [2.24, 2.45) is 7.05 Å². The Morgan fingerprint density at radius 2 is 1.81 bits per heavy atom. The fraction of sp³-hybridized carbons (Fsp3) is 0.150. The van der Waals surface area contributed by atoms with Crippen molar-refractivity contribution in [2.45, 2.75) is 6.61 Å². The van der Waals surface area contributed by atoms with Crippen molar-refractivity contribution in [1.29, 1.82) is 0 Å². The topological polar surface area (TPSA) is 64.9 Å². The van der Waals surface area contributed by atoms with Gasteiger partial charge in [0.2, 0.25) is 0 Å². The summed E-state index contributed by atoms with van der Waals surface area (Å²) in [6, 6.07) is 16.0. The largest absolute Gasteiger partial charge is 0.377 e. The number of pyridine rings is 2. The maximum atomic E-state index is 5.25. The standard InChI is InChI=1S/C20H19N5O/c1-25-17-12-16(22-15-8-10-21-11-9-15)19(14-6-4-3-5-7-14)24-20(17)23-18(25)13-26-2/h3-12H,13H2,1-2H3,(H,21,22). The van der Waals surface area contributed by atoms with Gasteiger partial charge in [0.1, 0.15) is 12.4 Å². The number of aromatic nitrogens is 4. The van der Waals surface area contributed by atoms with E-state index in [1.165, 1.54) is 0 Å². The lowest BCUT2D eigenvalue weighted by Crippen LogP contribution is -2.00. The van der Waals surface area contributed by atoms with E-state index in [1.54, 1.807) is 19.5 Å². The van der Waals surface area contributed by atoms with Crippen LogP contribution in [0.2, 0.25) is 0 Å². The third-order valence-electron chi connectivity index (χ3n) is 4.25. The second-order valence-corrected chi connectivity index (χ2v) is 5.97. The molecule has 26 heavy (non-hydrogen) atoms. The number of fused-ring (bicyclic) bond motifs is 1. The number of rotatable bonds is 5. The number of hydrogen-bond acceptors (Lipinski definition) is 5. The van der Waals surface area contributed by atoms with Gasteiger partial charge < -0.3 is 14.6 Å². The molecule has 4 aromatic rings. The summed E-state index contributed by atoms with van der Waals surface area (Å²) in [6.07, 6.45) is 3.52. The van der Waals surface area contributed by atoms with Gasteiger partial charge in [-0.2, -0.15) is 0 Å². The van der Waals surface area contributed by atoms with Crippen LogP contribution in [-0.2, 0) is 18.4 Å². The number of hydrogen-bond donors (Lipinski definition) is 1. The first-order valence-electron chi connectivity index (χ1n) is 8.34. The Balaban J connectivity index is 1.89. The Bertz CT molecular complexity index is 1030. The molecule has 0 spiro atoms. The average molecular weight is 345 g/mol. The molecule has 3 aromatic heterocycles. The number of imidazole rings is 1. The SMILES string of the molecule is COCc1nc2nc(-c3ccccc3)c(Nc3ccncc3)cc2n1C. The highest BCUT2D eigenvalue weighted by Crippen LogP contribution is 2.31. The molecule has 0 saturated heterocycles. The highest BCUT2D eigenvalue weighted by atomic mass is 16.5. The molecule has 130 valence electrons. The van der Waals surface area contributed by atoms with Crippen LogP contribution in [-0.4, -0.2) is 26.6 Å². The summed E-state index contributed by atoms with van der Waals surface area (Å²) in [4.78, 5) is 13.5. The molecule has 6 heteroatoms. The zero-order valence-electron chi connectivity index (χ0n) is 14.7. The highest BCUT2D eigenvalue weighted by Gasteiger charge is 2.15. The van der Waals surface area contributed by atoms with E-state index in [0.717, 1.165) is 34.0 Å². The molecule has 0 aliphatic rings. The first-order valence-corrected chi connectivity index (χ1v) is 8.34. The summed E-state index contributed by atoms with van der Waals surface area (Å²) < 4.78 is 7.26. The lowest BCUT2D eigenvalue weighted by Gasteiger charge is -2.12. The number of nitrogens with one attached hydrogen (secondary N) is 1. The predicted molar refractivity (Wildman–Crippen MR) is 102 cm³/mol. The predicted octanol–water partition coefficient (Wildman–Crippen LogP) is 3.92. The van der Waals surface area contributed by atoms with E-state index in [2.05, 4.69) is 21.4 Å². The summed E-state index contributed by atoms with van der Waals surface area (Å²) in [7, 11) is 3.64. The third-order valence-corrected chi connectivity index (χ3v) is 4.25. The van der Waals surface area contributed by atoms with E-state index in [0.29, 0.717) is 12.3 Å². The second-order valence-electron chi connectivity index (χ2n) is 5.97. The second kappa shape index (κ2) is 6.93. The molecule has 3 heterocycles. The Hall–Kier alpha value is -3.25. The van der Waals surface area contributed by atoms with Crippen molar-refractivity contribution in [3.8, 4) is 11.3 Å². The molecule has 0 aliphatic heterocycles. The summed E-state index contributed by atoms with van der Waals surface area (Å²) in [5.41, 5.74) is 5.42. The van der Waals surface area contributed by atoms with Gasteiger partial charge in [0, 0.05) is 37.8 Å². The minimum absolute atomic E-state index is 0.445. The van der Waals surface area contributed by atoms with Gasteiger partial charge >= 0.3 is 0 Å². The molecule has 0 amide bonds. The van der Waals surface area contributed by atoms with Crippen molar-refractivity contribution < 1.29 is 4.74 Å². The van der Waals surface area contributed by atoms with Gasteiger partial charge in [-0.05, 0) is 18.2 Å². The van der Waals surface area contributed by atoms with E-state index in [-0.39, 0.29) is 0 Å². The Morgan fingerprint density at radius 3 is 2.54 bits per heavy atom. The van der Waals surface area contributed by atoms with Crippen LogP contribution < -0.4 is 5.32 Å². The number of benzene rings is 1. The van der Waals surface area contributed by atoms with Crippen LogP contribution in [0.25, 0.3) is 22.4 Å². The molecule has 4 rings (SSSR count). The highest BCUT2D eigenvalue weighted by molar-refractivity contribution is 5.87. The van der Waals surface area contributed by atoms with Crippen molar-refractivity contribution in [2.75, 3.05) is 12.4 Å². The van der Waals surface area contributed by atoms with Gasteiger partial charge in [-0.1, -0.05) is 30.3 Å². The molecule has 0 aliphatic carbocycles. The van der Waals surface area contributed by atoms with Gasteiger partial charge in [0.05, 0.1) is 16.9 Å². The third kappa shape index (κ3) is 3.02. The van der Waals surface area contributed by atoms with Crippen LogP contribution in [0.3, 0.4) is 0 Å². The first kappa shape index (κ1) is 16.2. The first-order chi connectivity index (χ1) is 12.8. The van der Waals surface area contributed by atoms with Crippen LogP contribution in [0.15, 0.2) is 60.9 Å². The average Bonchev–Trinajstić information content (AvgIpc) is 2.98. The van der Waals surface area contributed by atoms with Gasteiger partial charge in [0.15, 0.2) is 5.65 Å². The number of nitrogens with zero attached hydrogens (tertiary/aromatic N) is 4. The molecule has 1 N–H and O–H groups in total. The van der Waals surface area contributed by atoms with Crippen molar-refractivity contribution in [3.63, 3.8) is 0 Å². The number of aryl methyl sites for hydroxylation is 1. The summed E-state index contributed by atoms with van der Waals surface area (Å²) in [5.74, 6) is 0.843. The van der Waals surface area contributed by atoms with E-state index in [4.69, 9.17) is 9.72 Å². The Morgan fingerprint density at radius 1 is 1.04 bits per heavy atom. The number of anilines is 2. The lowest BCUT2D eigenvalue weighted by molar-refractivity contribution is 0.176. The molecule has 0 bridgehead atoms. The minimum Gasteiger partial charge on any atom is -0.377 e. The van der Waals surface area contributed by atoms with Gasteiger partial charge in [0.25, 0.3) is 0 Å². The molecule has 0 atom stereocenters. The van der Waals surface area contributed by atoms with E-state index in [9.17, 15) is 0 Å². The molecular weight excluding hydrogens is 326 g/mol. The maximum absolute atomic E-state index is 5.25. The van der Waals surface area contributed by atoms with Crippen LogP contribution >= 0.6 is 0 Å². The van der Waals surface area contributed by atoms with Crippen LogP contribution in [0.5, 0.6) is 0 Å². The number of ether oxygens (including phenoxy) is 1. The molecule has 6 nitrogen and oxygen atoms in total. The molecule has 0 radical (unpaired) electrons. The summed E-state index contributed by atoms with van der Waals surface area (Å²) in [5, 5.41) is 3.46. The minimum atomic E-state index is 0.445. The van der Waals surface area contributed by atoms with E-state index in [1.807, 2.05) is 54.1 Å². The lowest BCUT2D eigenvalue weighted by atomic mass is 10.1. The molecule has 0 unspecified atom stereocenters. The van der Waals surface area contributed by atoms with E-state index < -0.39 is 0 Å². The van der Waals surface area contributed by atoms with Gasteiger partial charge in [-0.15, -0.1) is 0 Å². The monoisotopic (exact) mass is 345 g/mol. The van der Waals surface area contributed by atoms with E-state index >= 15 is 0 Å². The molecule has 1 aromatic carbocycles. The van der Waals surface area contributed by atoms with Crippen LogP contribution in [0.4, 0.5) is 11.4 Å². The molecule has 0 fully saturated rings. The smallest absolute Gasteiger partial charge is 0.178 e. The normalized spacial score (nSPS) is 11.0. The molecular formula is C20H19N5O. The van der Waals surface area contributed by atoms with Gasteiger partial charge in [-0.25, -0.2) is 9.97 Å². The van der Waals surface area contributed by atoms with Crippen LogP contribution in [0, 0.1) is 0 Å². The van der Waals surface area contributed by atoms with Gasteiger partial charge in [-0.3, -0.25) is 4.98 Å². The Labute approximate surface area is 151 Å². The van der Waals surface area contributed by atoms with Crippen molar-refractivity contribution >= 4 is 22.5 Å². The van der Waals surface area contributed by atoms with Crippen molar-refractivity contribution in [3.05, 3.63) is 66.7 Å².